The summed E-state index contributed by atoms with van der Waals surface area (Å²) in [5.74, 6) is 0.951. The lowest BCUT2D eigenvalue weighted by Gasteiger charge is -2.09. The molecule has 0 bridgehead atoms. The molecular weight excluding hydrogens is 96.1 g/mol. The van der Waals surface area contributed by atoms with Crippen molar-refractivity contribution >= 4 is 0 Å². The van der Waals surface area contributed by atoms with Gasteiger partial charge >= 0.3 is 0 Å². The van der Waals surface area contributed by atoms with Crippen LogP contribution in [0.25, 0.3) is 0 Å². The van der Waals surface area contributed by atoms with E-state index in [9.17, 15) is 0 Å². The molecule has 2 rings (SSSR count). The molecule has 2 aliphatic carbocycles. The molecule has 0 heteroatoms. The lowest BCUT2D eigenvalue weighted by molar-refractivity contribution is 0.553. The second-order valence-electron chi connectivity index (χ2n) is 3.17. The van der Waals surface area contributed by atoms with Gasteiger partial charge in [-0.2, -0.15) is 0 Å². The summed E-state index contributed by atoms with van der Waals surface area (Å²) in [5.41, 5.74) is 0.509. The van der Waals surface area contributed by atoms with Crippen LogP contribution in [0.5, 0.6) is 0 Å². The molecule has 2 unspecified atom stereocenters. The van der Waals surface area contributed by atoms with E-state index in [2.05, 4.69) is 19.1 Å². The van der Waals surface area contributed by atoms with Crippen LogP contribution in [-0.4, -0.2) is 0 Å². The van der Waals surface area contributed by atoms with Gasteiger partial charge in [-0.1, -0.05) is 12.2 Å². The standard InChI is InChI=1S/C8H11/c1-8-5-3-2-4-7(8)6-8/h2-3,7H,1,4-6H2. The molecule has 0 amide bonds. The number of rotatable bonds is 0. The lowest BCUT2D eigenvalue weighted by atomic mass is 9.96. The van der Waals surface area contributed by atoms with E-state index in [1.807, 2.05) is 0 Å². The Hall–Kier alpha value is -0.260. The van der Waals surface area contributed by atoms with Crippen LogP contribution in [0.1, 0.15) is 19.3 Å². The fourth-order valence-corrected chi connectivity index (χ4v) is 1.59. The van der Waals surface area contributed by atoms with E-state index in [1.54, 1.807) is 0 Å². The quantitative estimate of drug-likeness (QED) is 0.416. The van der Waals surface area contributed by atoms with Gasteiger partial charge in [0, 0.05) is 0 Å². The number of allylic oxidation sites excluding steroid dienone is 2. The first-order valence-corrected chi connectivity index (χ1v) is 3.32. The highest BCUT2D eigenvalue weighted by Gasteiger charge is 2.49. The summed E-state index contributed by atoms with van der Waals surface area (Å²) in [7, 11) is 0. The SMILES string of the molecule is [CH2]C12CC=CCC1C2. The monoisotopic (exact) mass is 107 g/mol. The summed E-state index contributed by atoms with van der Waals surface area (Å²) in [4.78, 5) is 0. The summed E-state index contributed by atoms with van der Waals surface area (Å²) in [6, 6.07) is 0. The molecule has 0 aromatic rings. The van der Waals surface area contributed by atoms with E-state index in [0.29, 0.717) is 5.41 Å². The largest absolute Gasteiger partial charge is 0.0882 e. The van der Waals surface area contributed by atoms with E-state index < -0.39 is 0 Å². The average molecular weight is 107 g/mol. The maximum atomic E-state index is 4.15. The van der Waals surface area contributed by atoms with Gasteiger partial charge in [0.2, 0.25) is 0 Å². The first-order chi connectivity index (χ1) is 3.81. The molecule has 1 saturated carbocycles. The smallest absolute Gasteiger partial charge is 0.0228 e. The summed E-state index contributed by atoms with van der Waals surface area (Å²) in [6.07, 6.45) is 8.47. The minimum absolute atomic E-state index is 0.509. The molecule has 0 heterocycles. The van der Waals surface area contributed by atoms with Crippen molar-refractivity contribution < 1.29 is 0 Å². The van der Waals surface area contributed by atoms with Gasteiger partial charge in [0.05, 0.1) is 0 Å². The molecule has 1 fully saturated rings. The van der Waals surface area contributed by atoms with Gasteiger partial charge in [0.15, 0.2) is 0 Å². The van der Waals surface area contributed by atoms with Crippen molar-refractivity contribution in [1.29, 1.82) is 0 Å². The number of hydrogen-bond acceptors (Lipinski definition) is 0. The van der Waals surface area contributed by atoms with E-state index in [4.69, 9.17) is 0 Å². The molecule has 8 heavy (non-hydrogen) atoms. The Bertz CT molecular complexity index is 135. The Morgan fingerprint density at radius 3 is 2.88 bits per heavy atom. The molecule has 43 valence electrons. The molecular formula is C8H11. The van der Waals surface area contributed by atoms with E-state index in [0.717, 1.165) is 5.92 Å². The maximum absolute atomic E-state index is 4.15. The normalized spacial score (nSPS) is 50.9. The van der Waals surface area contributed by atoms with Crippen LogP contribution >= 0.6 is 0 Å². The van der Waals surface area contributed by atoms with Crippen LogP contribution in [0, 0.1) is 18.3 Å². The van der Waals surface area contributed by atoms with E-state index in [1.165, 1.54) is 19.3 Å². The first kappa shape index (κ1) is 4.60. The molecule has 0 aromatic heterocycles. The van der Waals surface area contributed by atoms with Crippen LogP contribution in [0.2, 0.25) is 0 Å². The molecule has 0 nitrogen and oxygen atoms in total. The zero-order valence-electron chi connectivity index (χ0n) is 5.06. The second kappa shape index (κ2) is 1.18. The molecule has 0 aromatic carbocycles. The Balaban J connectivity index is 2.17. The third kappa shape index (κ3) is 0.460. The molecule has 1 radical (unpaired) electrons. The first-order valence-electron chi connectivity index (χ1n) is 3.32. The summed E-state index contributed by atoms with van der Waals surface area (Å²) in [6.45, 7) is 4.15. The van der Waals surface area contributed by atoms with Crippen molar-refractivity contribution in [2.45, 2.75) is 19.3 Å². The summed E-state index contributed by atoms with van der Waals surface area (Å²) in [5, 5.41) is 0. The number of fused-ring (bicyclic) bond motifs is 1. The second-order valence-corrected chi connectivity index (χ2v) is 3.17. The van der Waals surface area contributed by atoms with Gasteiger partial charge < -0.3 is 0 Å². The average Bonchev–Trinajstić information content (AvgIpc) is 2.39. The zero-order valence-corrected chi connectivity index (χ0v) is 5.06. The Labute approximate surface area is 50.6 Å². The summed E-state index contributed by atoms with van der Waals surface area (Å²) >= 11 is 0. The molecule has 0 spiro atoms. The zero-order chi connectivity index (χ0) is 5.61. The van der Waals surface area contributed by atoms with Gasteiger partial charge in [-0.3, -0.25) is 0 Å². The van der Waals surface area contributed by atoms with Crippen LogP contribution in [0.3, 0.4) is 0 Å². The fourth-order valence-electron chi connectivity index (χ4n) is 1.59. The third-order valence-electron chi connectivity index (χ3n) is 2.47. The van der Waals surface area contributed by atoms with Gasteiger partial charge in [-0.05, 0) is 37.5 Å². The molecule has 0 N–H and O–H groups in total. The predicted molar refractivity (Wildman–Crippen MR) is 34.3 cm³/mol. The topological polar surface area (TPSA) is 0 Å². The highest BCUT2D eigenvalue weighted by atomic mass is 14.5. The third-order valence-corrected chi connectivity index (χ3v) is 2.47. The van der Waals surface area contributed by atoms with Crippen molar-refractivity contribution in [1.82, 2.24) is 0 Å². The van der Waals surface area contributed by atoms with Gasteiger partial charge in [-0.25, -0.2) is 0 Å². The molecule has 2 atom stereocenters. The molecule has 2 aliphatic rings. The van der Waals surface area contributed by atoms with E-state index in [-0.39, 0.29) is 0 Å². The van der Waals surface area contributed by atoms with Crippen LogP contribution < -0.4 is 0 Å². The fraction of sp³-hybridized carbons (Fsp3) is 0.625. The lowest BCUT2D eigenvalue weighted by Crippen LogP contribution is -1.99. The minimum atomic E-state index is 0.509. The Kier molecular flexibility index (Phi) is 0.677. The van der Waals surface area contributed by atoms with Crippen molar-refractivity contribution in [3.05, 3.63) is 19.1 Å². The molecule has 0 aliphatic heterocycles. The van der Waals surface area contributed by atoms with Crippen LogP contribution in [-0.2, 0) is 0 Å². The van der Waals surface area contributed by atoms with Crippen molar-refractivity contribution in [3.8, 4) is 0 Å². The maximum Gasteiger partial charge on any atom is -0.0228 e. The van der Waals surface area contributed by atoms with Gasteiger partial charge in [0.25, 0.3) is 0 Å². The number of hydrogen-bond donors (Lipinski definition) is 0. The van der Waals surface area contributed by atoms with Crippen molar-refractivity contribution in [3.63, 3.8) is 0 Å². The van der Waals surface area contributed by atoms with Crippen LogP contribution in [0.15, 0.2) is 12.2 Å². The Morgan fingerprint density at radius 2 is 2.38 bits per heavy atom. The van der Waals surface area contributed by atoms with Crippen LogP contribution in [0.4, 0.5) is 0 Å². The van der Waals surface area contributed by atoms with E-state index >= 15 is 0 Å². The highest BCUT2D eigenvalue weighted by molar-refractivity contribution is 5.14. The van der Waals surface area contributed by atoms with Gasteiger partial charge in [0.1, 0.15) is 0 Å². The van der Waals surface area contributed by atoms with Crippen molar-refractivity contribution in [2.24, 2.45) is 11.3 Å². The Morgan fingerprint density at radius 1 is 1.50 bits per heavy atom. The minimum Gasteiger partial charge on any atom is -0.0882 e. The molecule has 0 saturated heterocycles. The van der Waals surface area contributed by atoms with Gasteiger partial charge in [-0.15, -0.1) is 0 Å². The predicted octanol–water partition coefficient (Wildman–Crippen LogP) is 2.18. The van der Waals surface area contributed by atoms with Crippen molar-refractivity contribution in [2.75, 3.05) is 0 Å². The summed E-state index contributed by atoms with van der Waals surface area (Å²) < 4.78 is 0. The highest BCUT2D eigenvalue weighted by Crippen LogP contribution is 2.58.